The molecule has 218 valence electrons. The molecule has 0 aromatic heterocycles. The Morgan fingerprint density at radius 2 is 1.32 bits per heavy atom. The summed E-state index contributed by atoms with van der Waals surface area (Å²) in [6.07, 6.45) is 2.36. The summed E-state index contributed by atoms with van der Waals surface area (Å²) >= 11 is 0. The van der Waals surface area contributed by atoms with E-state index in [4.69, 9.17) is 4.74 Å². The van der Waals surface area contributed by atoms with Crippen molar-refractivity contribution in [2.75, 3.05) is 4.90 Å². The molecule has 0 saturated carbocycles. The largest absolute Gasteiger partial charge is 0.458 e. The lowest BCUT2D eigenvalue weighted by molar-refractivity contribution is 0.486. The lowest BCUT2D eigenvalue weighted by atomic mass is 9.34. The smallest absolute Gasteiger partial charge is 0.256 e. The molecule has 0 fully saturated rings. The molecule has 3 heteroatoms. The summed E-state index contributed by atoms with van der Waals surface area (Å²) in [5.74, 6) is 1.93. The topological polar surface area (TPSA) is 12.5 Å². The van der Waals surface area contributed by atoms with Crippen LogP contribution in [0.5, 0.6) is 11.5 Å². The Kier molecular flexibility index (Phi) is 5.83. The molecule has 0 radical (unpaired) electrons. The van der Waals surface area contributed by atoms with Crippen molar-refractivity contribution in [3.8, 4) is 22.6 Å². The second-order valence-corrected chi connectivity index (χ2v) is 15.1. The van der Waals surface area contributed by atoms with E-state index in [-0.39, 0.29) is 17.5 Å². The third-order valence-corrected chi connectivity index (χ3v) is 9.99. The van der Waals surface area contributed by atoms with Crippen molar-refractivity contribution >= 4 is 40.2 Å². The van der Waals surface area contributed by atoms with Crippen LogP contribution < -0.4 is 26.0 Å². The molecule has 0 unspecified atom stereocenters. The van der Waals surface area contributed by atoms with E-state index in [0.717, 1.165) is 11.5 Å². The number of benzene rings is 5. The minimum atomic E-state index is 0.0434. The number of fused-ring (bicyclic) bond motifs is 5. The molecule has 8 rings (SSSR count). The summed E-state index contributed by atoms with van der Waals surface area (Å²) in [6, 6.07) is 34.7. The summed E-state index contributed by atoms with van der Waals surface area (Å²) in [5.41, 5.74) is 17.0. The summed E-state index contributed by atoms with van der Waals surface area (Å²) in [6.45, 7) is 16.0. The maximum atomic E-state index is 6.89. The average molecular weight is 574 g/mol. The fourth-order valence-electron chi connectivity index (χ4n) is 7.27. The molecule has 3 aliphatic rings. The Morgan fingerprint density at radius 1 is 0.591 bits per heavy atom. The van der Waals surface area contributed by atoms with Crippen molar-refractivity contribution in [2.45, 2.75) is 72.1 Å². The summed E-state index contributed by atoms with van der Waals surface area (Å²) in [5, 5.41) is 0. The molecule has 5 aromatic carbocycles. The fourth-order valence-corrected chi connectivity index (χ4v) is 7.27. The number of anilines is 3. The van der Waals surface area contributed by atoms with E-state index < -0.39 is 0 Å². The van der Waals surface area contributed by atoms with Crippen LogP contribution in [-0.4, -0.2) is 6.71 Å². The van der Waals surface area contributed by atoms with Crippen molar-refractivity contribution < 1.29 is 4.74 Å². The van der Waals surface area contributed by atoms with Gasteiger partial charge in [-0.3, -0.25) is 0 Å². The van der Waals surface area contributed by atoms with Gasteiger partial charge in [0.2, 0.25) is 0 Å². The number of nitrogens with zero attached hydrogens (tertiary/aromatic N) is 1. The van der Waals surface area contributed by atoms with E-state index >= 15 is 0 Å². The third kappa shape index (κ3) is 4.24. The molecule has 44 heavy (non-hydrogen) atoms. The van der Waals surface area contributed by atoms with Crippen LogP contribution in [-0.2, 0) is 23.7 Å². The van der Waals surface area contributed by atoms with Gasteiger partial charge in [-0.05, 0) is 117 Å². The van der Waals surface area contributed by atoms with E-state index in [2.05, 4.69) is 144 Å². The Labute approximate surface area is 262 Å². The number of rotatable bonds is 2. The molecule has 2 aliphatic heterocycles. The Morgan fingerprint density at radius 3 is 2.00 bits per heavy atom. The van der Waals surface area contributed by atoms with Crippen LogP contribution in [0.3, 0.4) is 0 Å². The van der Waals surface area contributed by atoms with Gasteiger partial charge in [-0.25, -0.2) is 0 Å². The maximum Gasteiger partial charge on any atom is 0.256 e. The van der Waals surface area contributed by atoms with Gasteiger partial charge >= 0.3 is 0 Å². The van der Waals surface area contributed by atoms with Crippen LogP contribution >= 0.6 is 0 Å². The second-order valence-electron chi connectivity index (χ2n) is 15.1. The third-order valence-electron chi connectivity index (χ3n) is 9.99. The summed E-state index contributed by atoms with van der Waals surface area (Å²) < 4.78 is 6.89. The number of ether oxygens (including phenoxy) is 1. The number of hydrogen-bond donors (Lipinski definition) is 0. The first kappa shape index (κ1) is 27.3. The molecule has 0 atom stereocenters. The van der Waals surface area contributed by atoms with Crippen LogP contribution in [0, 0.1) is 6.92 Å². The van der Waals surface area contributed by atoms with E-state index in [1.165, 1.54) is 85.2 Å². The first-order chi connectivity index (χ1) is 21.0. The van der Waals surface area contributed by atoms with E-state index in [9.17, 15) is 0 Å². The van der Waals surface area contributed by atoms with Crippen LogP contribution in [0.1, 0.15) is 69.4 Å². The quantitative estimate of drug-likeness (QED) is 0.192. The standard InChI is InChI=1S/C41H40BNO/c1-25-8-18-35-33(20-25)42-34-24-31(41(5,6)7)15-19-37(34)44-38-23-29(28-12-10-26-9-11-27(26)21-28)22-36(39(38)42)43(35)32-16-13-30(14-17-32)40(2,3)4/h8,10,12-24H,9,11H2,1-7H3. The Balaban J connectivity index is 1.40. The molecule has 0 saturated heterocycles. The molecular formula is C41H40BNO. The second kappa shape index (κ2) is 9.38. The van der Waals surface area contributed by atoms with Gasteiger partial charge in [-0.2, -0.15) is 0 Å². The highest BCUT2D eigenvalue weighted by molar-refractivity contribution is 6.99. The monoisotopic (exact) mass is 573 g/mol. The first-order valence-electron chi connectivity index (χ1n) is 16.1. The first-order valence-corrected chi connectivity index (χ1v) is 16.1. The van der Waals surface area contributed by atoms with Crippen molar-refractivity contribution in [2.24, 2.45) is 0 Å². The van der Waals surface area contributed by atoms with Crippen LogP contribution in [0.25, 0.3) is 11.1 Å². The Hall–Kier alpha value is -4.24. The van der Waals surface area contributed by atoms with Crippen LogP contribution in [0.15, 0.2) is 91.0 Å². The molecule has 0 amide bonds. The molecule has 5 aromatic rings. The molecular weight excluding hydrogens is 533 g/mol. The minimum absolute atomic E-state index is 0.0434. The van der Waals surface area contributed by atoms with Gasteiger partial charge in [0.1, 0.15) is 11.5 Å². The van der Waals surface area contributed by atoms with E-state index in [1.54, 1.807) is 0 Å². The van der Waals surface area contributed by atoms with Gasteiger partial charge in [0.25, 0.3) is 6.71 Å². The van der Waals surface area contributed by atoms with Gasteiger partial charge in [-0.15, -0.1) is 0 Å². The molecule has 1 aliphatic carbocycles. The van der Waals surface area contributed by atoms with E-state index in [0.29, 0.717) is 0 Å². The predicted molar refractivity (Wildman–Crippen MR) is 187 cm³/mol. The lowest BCUT2D eigenvalue weighted by Crippen LogP contribution is -2.59. The molecule has 0 N–H and O–H groups in total. The minimum Gasteiger partial charge on any atom is -0.458 e. The number of hydrogen-bond acceptors (Lipinski definition) is 2. The van der Waals surface area contributed by atoms with Gasteiger partial charge in [0.15, 0.2) is 0 Å². The molecule has 0 spiro atoms. The normalized spacial score (nSPS) is 14.6. The molecule has 2 heterocycles. The molecule has 0 bridgehead atoms. The predicted octanol–water partition coefficient (Wildman–Crippen LogP) is 8.76. The van der Waals surface area contributed by atoms with Gasteiger partial charge in [0, 0.05) is 17.1 Å². The van der Waals surface area contributed by atoms with Crippen LogP contribution in [0.4, 0.5) is 17.1 Å². The Bertz CT molecular complexity index is 1970. The highest BCUT2D eigenvalue weighted by Gasteiger charge is 2.42. The van der Waals surface area contributed by atoms with Crippen molar-refractivity contribution in [1.29, 1.82) is 0 Å². The van der Waals surface area contributed by atoms with Gasteiger partial charge < -0.3 is 9.64 Å². The zero-order valence-electron chi connectivity index (χ0n) is 27.0. The maximum absolute atomic E-state index is 6.89. The highest BCUT2D eigenvalue weighted by atomic mass is 16.5. The van der Waals surface area contributed by atoms with Crippen LogP contribution in [0.2, 0.25) is 0 Å². The summed E-state index contributed by atoms with van der Waals surface area (Å²) in [4.78, 5) is 2.48. The van der Waals surface area contributed by atoms with Gasteiger partial charge in [0.05, 0.1) is 0 Å². The lowest BCUT2D eigenvalue weighted by Gasteiger charge is -2.41. The highest BCUT2D eigenvalue weighted by Crippen LogP contribution is 2.44. The van der Waals surface area contributed by atoms with Crippen molar-refractivity contribution in [1.82, 2.24) is 0 Å². The summed E-state index contributed by atoms with van der Waals surface area (Å²) in [7, 11) is 0. The average Bonchev–Trinajstić information content (AvgIpc) is 2.96. The fraction of sp³-hybridized carbons (Fsp3) is 0.268. The van der Waals surface area contributed by atoms with Gasteiger partial charge in [-0.1, -0.05) is 102 Å². The zero-order chi connectivity index (χ0) is 30.5. The zero-order valence-corrected chi connectivity index (χ0v) is 27.0. The number of aryl methyl sites for hydroxylation is 3. The SMILES string of the molecule is Cc1ccc2c(c1)B1c3cc(C(C)(C)C)ccc3Oc3cc(-c4ccc5c(c4)CC5)cc(c31)N2c1ccc(C(C)(C)C)cc1. The van der Waals surface area contributed by atoms with E-state index in [1.807, 2.05) is 0 Å². The van der Waals surface area contributed by atoms with Crippen molar-refractivity contribution in [3.05, 3.63) is 119 Å². The van der Waals surface area contributed by atoms with Crippen molar-refractivity contribution in [3.63, 3.8) is 0 Å². The molecule has 2 nitrogen and oxygen atoms in total.